The van der Waals surface area contributed by atoms with E-state index in [1.54, 1.807) is 0 Å². The van der Waals surface area contributed by atoms with Gasteiger partial charge < -0.3 is 15.2 Å². The molecule has 96 valence electrons. The lowest BCUT2D eigenvalue weighted by Gasteiger charge is -2.30. The smallest absolute Gasteiger partial charge is 0.0975 e. The van der Waals surface area contributed by atoms with Crippen molar-refractivity contribution in [2.45, 2.75) is 58.2 Å². The average molecular weight is 229 g/mol. The number of hydrogen-bond acceptors (Lipinski definition) is 3. The lowest BCUT2D eigenvalue weighted by atomic mass is 9.89. The van der Waals surface area contributed by atoms with Crippen molar-refractivity contribution in [3.8, 4) is 0 Å². The zero-order chi connectivity index (χ0) is 12.0. The summed E-state index contributed by atoms with van der Waals surface area (Å²) in [5.41, 5.74) is -0.737. The highest BCUT2D eigenvalue weighted by atomic mass is 16.5. The Morgan fingerprint density at radius 1 is 1.31 bits per heavy atom. The standard InChI is InChI=1S/C13H27NO2/c1-4-14-9-13(3,15)10-16-12-7-5-11(2)6-8-12/h11-12,14-15H,4-10H2,1-3H3. The van der Waals surface area contributed by atoms with Gasteiger partial charge in [-0.15, -0.1) is 0 Å². The first-order valence-corrected chi connectivity index (χ1v) is 6.58. The van der Waals surface area contributed by atoms with Gasteiger partial charge in [0.15, 0.2) is 0 Å². The highest BCUT2D eigenvalue weighted by Crippen LogP contribution is 2.26. The fourth-order valence-electron chi connectivity index (χ4n) is 2.14. The number of likely N-dealkylation sites (N-methyl/N-ethyl adjacent to an activating group) is 1. The molecule has 0 aromatic rings. The molecule has 1 rings (SSSR count). The molecule has 0 aromatic heterocycles. The van der Waals surface area contributed by atoms with Gasteiger partial charge in [0.05, 0.1) is 18.3 Å². The van der Waals surface area contributed by atoms with Gasteiger partial charge in [-0.2, -0.15) is 0 Å². The van der Waals surface area contributed by atoms with Gasteiger partial charge in [-0.25, -0.2) is 0 Å². The first kappa shape index (κ1) is 13.9. The minimum Gasteiger partial charge on any atom is -0.386 e. The fraction of sp³-hybridized carbons (Fsp3) is 1.00. The van der Waals surface area contributed by atoms with Crippen molar-refractivity contribution < 1.29 is 9.84 Å². The van der Waals surface area contributed by atoms with Crippen LogP contribution in [0.1, 0.15) is 46.5 Å². The molecule has 0 radical (unpaired) electrons. The summed E-state index contributed by atoms with van der Waals surface area (Å²) >= 11 is 0. The molecule has 0 spiro atoms. The normalized spacial score (nSPS) is 30.0. The van der Waals surface area contributed by atoms with E-state index in [2.05, 4.69) is 12.2 Å². The van der Waals surface area contributed by atoms with E-state index >= 15 is 0 Å². The van der Waals surface area contributed by atoms with Crippen molar-refractivity contribution in [3.05, 3.63) is 0 Å². The quantitative estimate of drug-likeness (QED) is 0.731. The van der Waals surface area contributed by atoms with E-state index in [-0.39, 0.29) is 0 Å². The summed E-state index contributed by atoms with van der Waals surface area (Å²) in [6.45, 7) is 8.11. The number of aliphatic hydroxyl groups is 1. The van der Waals surface area contributed by atoms with E-state index in [1.165, 1.54) is 12.8 Å². The van der Waals surface area contributed by atoms with Crippen LogP contribution in [0.5, 0.6) is 0 Å². The molecule has 0 bridgehead atoms. The number of rotatable bonds is 6. The van der Waals surface area contributed by atoms with Gasteiger partial charge in [0.2, 0.25) is 0 Å². The minimum atomic E-state index is -0.737. The average Bonchev–Trinajstić information content (AvgIpc) is 2.26. The molecule has 3 nitrogen and oxygen atoms in total. The van der Waals surface area contributed by atoms with E-state index in [4.69, 9.17) is 4.74 Å². The van der Waals surface area contributed by atoms with Crippen molar-refractivity contribution in [2.75, 3.05) is 19.7 Å². The van der Waals surface area contributed by atoms with Crippen molar-refractivity contribution in [1.82, 2.24) is 5.32 Å². The van der Waals surface area contributed by atoms with Crippen LogP contribution in [-0.4, -0.2) is 36.5 Å². The van der Waals surface area contributed by atoms with Crippen LogP contribution < -0.4 is 5.32 Å². The van der Waals surface area contributed by atoms with E-state index in [0.29, 0.717) is 19.3 Å². The molecule has 0 aliphatic heterocycles. The number of hydrogen-bond donors (Lipinski definition) is 2. The zero-order valence-electron chi connectivity index (χ0n) is 11.0. The van der Waals surface area contributed by atoms with Gasteiger partial charge >= 0.3 is 0 Å². The van der Waals surface area contributed by atoms with Crippen LogP contribution in [0.2, 0.25) is 0 Å². The molecule has 3 heteroatoms. The van der Waals surface area contributed by atoms with E-state index in [1.807, 2.05) is 13.8 Å². The second-order valence-corrected chi connectivity index (χ2v) is 5.47. The molecule has 1 atom stereocenters. The van der Waals surface area contributed by atoms with E-state index in [9.17, 15) is 5.11 Å². The second-order valence-electron chi connectivity index (χ2n) is 5.47. The molecule has 1 fully saturated rings. The maximum absolute atomic E-state index is 10.0. The maximum atomic E-state index is 10.0. The summed E-state index contributed by atoms with van der Waals surface area (Å²) in [7, 11) is 0. The Morgan fingerprint density at radius 3 is 2.50 bits per heavy atom. The van der Waals surface area contributed by atoms with Crippen molar-refractivity contribution in [1.29, 1.82) is 0 Å². The predicted octanol–water partition coefficient (Wildman–Crippen LogP) is 1.94. The molecule has 0 heterocycles. The van der Waals surface area contributed by atoms with Crippen LogP contribution in [-0.2, 0) is 4.74 Å². The van der Waals surface area contributed by atoms with Gasteiger partial charge in [-0.05, 0) is 45.1 Å². The molecular formula is C13H27NO2. The van der Waals surface area contributed by atoms with Crippen LogP contribution in [0, 0.1) is 5.92 Å². The molecule has 16 heavy (non-hydrogen) atoms. The van der Waals surface area contributed by atoms with E-state index < -0.39 is 5.60 Å². The summed E-state index contributed by atoms with van der Waals surface area (Å²) in [5, 5.41) is 13.2. The Morgan fingerprint density at radius 2 is 1.94 bits per heavy atom. The lowest BCUT2D eigenvalue weighted by molar-refractivity contribution is -0.0728. The van der Waals surface area contributed by atoms with Crippen LogP contribution in [0.3, 0.4) is 0 Å². The fourth-order valence-corrected chi connectivity index (χ4v) is 2.14. The number of nitrogens with one attached hydrogen (secondary N) is 1. The van der Waals surface area contributed by atoms with Gasteiger partial charge in [0.25, 0.3) is 0 Å². The Hall–Kier alpha value is -0.120. The summed E-state index contributed by atoms with van der Waals surface area (Å²) in [6.07, 6.45) is 5.20. The monoisotopic (exact) mass is 229 g/mol. The third-order valence-electron chi connectivity index (χ3n) is 3.35. The molecule has 0 saturated heterocycles. The third kappa shape index (κ3) is 5.28. The van der Waals surface area contributed by atoms with Gasteiger partial charge in [-0.1, -0.05) is 13.8 Å². The Labute approximate surface area is 99.6 Å². The molecule has 0 amide bonds. The summed E-state index contributed by atoms with van der Waals surface area (Å²) in [6, 6.07) is 0. The highest BCUT2D eigenvalue weighted by Gasteiger charge is 2.24. The van der Waals surface area contributed by atoms with Crippen LogP contribution in [0.25, 0.3) is 0 Å². The van der Waals surface area contributed by atoms with Crippen molar-refractivity contribution >= 4 is 0 Å². The van der Waals surface area contributed by atoms with Crippen LogP contribution in [0.4, 0.5) is 0 Å². The topological polar surface area (TPSA) is 41.5 Å². The van der Waals surface area contributed by atoms with Gasteiger partial charge in [0.1, 0.15) is 0 Å². The molecule has 1 aliphatic rings. The number of ether oxygens (including phenoxy) is 1. The third-order valence-corrected chi connectivity index (χ3v) is 3.35. The van der Waals surface area contributed by atoms with Gasteiger partial charge in [0, 0.05) is 6.54 Å². The first-order chi connectivity index (χ1) is 7.53. The van der Waals surface area contributed by atoms with Crippen molar-refractivity contribution in [2.24, 2.45) is 5.92 Å². The Balaban J connectivity index is 2.17. The van der Waals surface area contributed by atoms with E-state index in [0.717, 1.165) is 25.3 Å². The summed E-state index contributed by atoms with van der Waals surface area (Å²) in [4.78, 5) is 0. The maximum Gasteiger partial charge on any atom is 0.0975 e. The molecule has 1 aliphatic carbocycles. The minimum absolute atomic E-state index is 0.365. The highest BCUT2D eigenvalue weighted by molar-refractivity contribution is 4.77. The zero-order valence-corrected chi connectivity index (χ0v) is 11.0. The van der Waals surface area contributed by atoms with Gasteiger partial charge in [-0.3, -0.25) is 0 Å². The van der Waals surface area contributed by atoms with Crippen LogP contribution in [0.15, 0.2) is 0 Å². The SMILES string of the molecule is CCNCC(C)(O)COC1CCC(C)CC1. The predicted molar refractivity (Wildman–Crippen MR) is 66.5 cm³/mol. The second kappa shape index (κ2) is 6.58. The molecule has 1 unspecified atom stereocenters. The lowest BCUT2D eigenvalue weighted by Crippen LogP contribution is -2.43. The molecule has 0 aromatic carbocycles. The van der Waals surface area contributed by atoms with Crippen molar-refractivity contribution in [3.63, 3.8) is 0 Å². The Kier molecular flexibility index (Phi) is 5.73. The molecule has 2 N–H and O–H groups in total. The molecular weight excluding hydrogens is 202 g/mol. The molecule has 1 saturated carbocycles. The largest absolute Gasteiger partial charge is 0.386 e. The Bertz CT molecular complexity index is 186. The summed E-state index contributed by atoms with van der Waals surface area (Å²) < 4.78 is 5.80. The first-order valence-electron chi connectivity index (χ1n) is 6.58. The van der Waals surface area contributed by atoms with Crippen LogP contribution >= 0.6 is 0 Å². The summed E-state index contributed by atoms with van der Waals surface area (Å²) in [5.74, 6) is 0.849.